The second-order valence-electron chi connectivity index (χ2n) is 21.5. The zero-order valence-electron chi connectivity index (χ0n) is 45.9. The van der Waals surface area contributed by atoms with E-state index in [2.05, 4.69) is 27.7 Å². The number of esters is 3. The summed E-state index contributed by atoms with van der Waals surface area (Å²) in [5.74, 6) is 0.00856. The standard InChI is InChI=1S/C61H118O6/c1-5-7-9-11-13-15-17-19-21-22-23-25-29-34-38-42-46-50-54-61(64)67-58(55-65-59(62)52-48-44-40-36-32-28-24-20-18-16-14-12-10-8-6-2)56-66-60(63)53-49-45-41-37-33-30-26-27-31-35-39-43-47-51-57(3)4/h57-58H,5-56H2,1-4H3/t58-/m1/s1. The molecule has 0 rings (SSSR count). The third-order valence-corrected chi connectivity index (χ3v) is 14.0. The fraction of sp³-hybridized carbons (Fsp3) is 0.951. The minimum atomic E-state index is -0.762. The van der Waals surface area contributed by atoms with E-state index in [-0.39, 0.29) is 31.1 Å². The number of unbranched alkanes of at least 4 members (excludes halogenated alkanes) is 43. The molecule has 1 atom stereocenters. The van der Waals surface area contributed by atoms with Crippen LogP contribution in [0.15, 0.2) is 0 Å². The maximum Gasteiger partial charge on any atom is 0.306 e. The molecule has 0 aliphatic heterocycles. The van der Waals surface area contributed by atoms with Gasteiger partial charge in [0.15, 0.2) is 6.10 Å². The summed E-state index contributed by atoms with van der Waals surface area (Å²) in [6.07, 6.45) is 60.9. The number of carbonyl (C=O) groups excluding carboxylic acids is 3. The maximum atomic E-state index is 12.9. The molecule has 0 spiro atoms. The minimum absolute atomic E-state index is 0.0615. The SMILES string of the molecule is CCCCCCCCCCCCCCCCCCCCC(=O)O[C@H](COC(=O)CCCCCCCCCCCCCCCCC)COC(=O)CCCCCCCCCCCCCCCC(C)C. The largest absolute Gasteiger partial charge is 0.462 e. The van der Waals surface area contributed by atoms with Gasteiger partial charge < -0.3 is 14.2 Å². The first-order chi connectivity index (χ1) is 32.9. The highest BCUT2D eigenvalue weighted by molar-refractivity contribution is 5.71. The Bertz CT molecular complexity index is 1010. The van der Waals surface area contributed by atoms with Crippen molar-refractivity contribution >= 4 is 17.9 Å². The highest BCUT2D eigenvalue weighted by Crippen LogP contribution is 2.18. The summed E-state index contributed by atoms with van der Waals surface area (Å²) in [4.78, 5) is 38.2. The summed E-state index contributed by atoms with van der Waals surface area (Å²) in [6, 6.07) is 0. The molecule has 67 heavy (non-hydrogen) atoms. The average molecular weight is 948 g/mol. The van der Waals surface area contributed by atoms with Crippen LogP contribution in [-0.4, -0.2) is 37.2 Å². The van der Waals surface area contributed by atoms with Gasteiger partial charge in [-0.2, -0.15) is 0 Å². The van der Waals surface area contributed by atoms with Crippen LogP contribution in [-0.2, 0) is 28.6 Å². The topological polar surface area (TPSA) is 78.9 Å². The molecule has 0 N–H and O–H groups in total. The Kier molecular flexibility index (Phi) is 54.0. The summed E-state index contributed by atoms with van der Waals surface area (Å²) >= 11 is 0. The van der Waals surface area contributed by atoms with E-state index in [1.54, 1.807) is 0 Å². The second-order valence-corrected chi connectivity index (χ2v) is 21.5. The monoisotopic (exact) mass is 947 g/mol. The number of carbonyl (C=O) groups is 3. The van der Waals surface area contributed by atoms with Gasteiger partial charge in [-0.1, -0.05) is 310 Å². The van der Waals surface area contributed by atoms with Crippen LogP contribution in [0.2, 0.25) is 0 Å². The third kappa shape index (κ3) is 55.2. The molecule has 0 amide bonds. The van der Waals surface area contributed by atoms with Crippen molar-refractivity contribution in [2.24, 2.45) is 5.92 Å². The molecular formula is C61H118O6. The molecule has 0 radical (unpaired) electrons. The molecule has 0 saturated heterocycles. The molecule has 0 aliphatic rings. The van der Waals surface area contributed by atoms with Crippen LogP contribution in [0.4, 0.5) is 0 Å². The molecule has 6 nitrogen and oxygen atoms in total. The molecule has 0 aromatic rings. The van der Waals surface area contributed by atoms with Crippen molar-refractivity contribution in [3.63, 3.8) is 0 Å². The van der Waals surface area contributed by atoms with E-state index in [0.29, 0.717) is 19.3 Å². The Balaban J connectivity index is 4.29. The van der Waals surface area contributed by atoms with E-state index in [9.17, 15) is 14.4 Å². The van der Waals surface area contributed by atoms with E-state index in [1.807, 2.05) is 0 Å². The predicted octanol–water partition coefficient (Wildman–Crippen LogP) is 20.2. The molecule has 0 heterocycles. The highest BCUT2D eigenvalue weighted by atomic mass is 16.6. The van der Waals surface area contributed by atoms with Crippen LogP contribution in [0, 0.1) is 5.92 Å². The van der Waals surface area contributed by atoms with Gasteiger partial charge in [-0.15, -0.1) is 0 Å². The molecule has 0 fully saturated rings. The lowest BCUT2D eigenvalue weighted by molar-refractivity contribution is -0.167. The predicted molar refractivity (Wildman–Crippen MR) is 289 cm³/mol. The maximum absolute atomic E-state index is 12.9. The first-order valence-corrected chi connectivity index (χ1v) is 30.4. The zero-order valence-corrected chi connectivity index (χ0v) is 45.9. The van der Waals surface area contributed by atoms with Crippen LogP contribution in [0.25, 0.3) is 0 Å². The van der Waals surface area contributed by atoms with Crippen molar-refractivity contribution in [1.82, 2.24) is 0 Å². The van der Waals surface area contributed by atoms with Crippen molar-refractivity contribution in [3.05, 3.63) is 0 Å². The molecule has 0 aromatic carbocycles. The second kappa shape index (κ2) is 55.3. The van der Waals surface area contributed by atoms with Crippen LogP contribution in [0.3, 0.4) is 0 Å². The summed E-state index contributed by atoms with van der Waals surface area (Å²) in [6.45, 7) is 9.08. The quantitative estimate of drug-likeness (QED) is 0.0343. The van der Waals surface area contributed by atoms with E-state index in [4.69, 9.17) is 14.2 Å². The summed E-state index contributed by atoms with van der Waals surface area (Å²) in [5, 5.41) is 0. The smallest absolute Gasteiger partial charge is 0.306 e. The molecular weight excluding hydrogens is 829 g/mol. The van der Waals surface area contributed by atoms with Crippen molar-refractivity contribution < 1.29 is 28.6 Å². The van der Waals surface area contributed by atoms with Crippen LogP contribution in [0.5, 0.6) is 0 Å². The number of ether oxygens (including phenoxy) is 3. The lowest BCUT2D eigenvalue weighted by Gasteiger charge is -2.18. The molecule has 0 saturated carbocycles. The molecule has 0 aliphatic carbocycles. The Hall–Kier alpha value is -1.59. The normalized spacial score (nSPS) is 12.0. The fourth-order valence-electron chi connectivity index (χ4n) is 9.46. The molecule has 0 unspecified atom stereocenters. The van der Waals surface area contributed by atoms with E-state index in [1.165, 1.54) is 244 Å². The van der Waals surface area contributed by atoms with Crippen LogP contribution in [0.1, 0.15) is 349 Å². The van der Waals surface area contributed by atoms with Crippen molar-refractivity contribution in [1.29, 1.82) is 0 Å². The lowest BCUT2D eigenvalue weighted by Crippen LogP contribution is -2.30. The summed E-state index contributed by atoms with van der Waals surface area (Å²) < 4.78 is 16.9. The number of rotatable bonds is 56. The van der Waals surface area contributed by atoms with Crippen molar-refractivity contribution in [2.75, 3.05) is 13.2 Å². The van der Waals surface area contributed by atoms with Crippen LogP contribution < -0.4 is 0 Å². The van der Waals surface area contributed by atoms with Gasteiger partial charge in [-0.05, 0) is 25.2 Å². The summed E-state index contributed by atoms with van der Waals surface area (Å²) in [5.41, 5.74) is 0. The summed E-state index contributed by atoms with van der Waals surface area (Å²) in [7, 11) is 0. The van der Waals surface area contributed by atoms with Gasteiger partial charge in [0.05, 0.1) is 0 Å². The van der Waals surface area contributed by atoms with Gasteiger partial charge in [0.1, 0.15) is 13.2 Å². The minimum Gasteiger partial charge on any atom is -0.462 e. The van der Waals surface area contributed by atoms with Crippen molar-refractivity contribution in [3.8, 4) is 0 Å². The van der Waals surface area contributed by atoms with Crippen molar-refractivity contribution in [2.45, 2.75) is 355 Å². The van der Waals surface area contributed by atoms with Gasteiger partial charge in [0, 0.05) is 19.3 Å². The molecule has 6 heteroatoms. The fourth-order valence-corrected chi connectivity index (χ4v) is 9.46. The number of hydrogen-bond acceptors (Lipinski definition) is 6. The molecule has 0 bridgehead atoms. The van der Waals surface area contributed by atoms with Crippen LogP contribution >= 0.6 is 0 Å². The first kappa shape index (κ1) is 65.4. The Labute approximate surface area is 418 Å². The zero-order chi connectivity index (χ0) is 48.8. The van der Waals surface area contributed by atoms with Gasteiger partial charge in [0.25, 0.3) is 0 Å². The Morgan fingerprint density at radius 2 is 0.493 bits per heavy atom. The van der Waals surface area contributed by atoms with Gasteiger partial charge in [-0.3, -0.25) is 14.4 Å². The third-order valence-electron chi connectivity index (χ3n) is 14.0. The Morgan fingerprint density at radius 1 is 0.284 bits per heavy atom. The molecule has 398 valence electrons. The first-order valence-electron chi connectivity index (χ1n) is 30.4. The number of hydrogen-bond donors (Lipinski definition) is 0. The van der Waals surface area contributed by atoms with E-state index in [0.717, 1.165) is 63.7 Å². The van der Waals surface area contributed by atoms with Gasteiger partial charge in [0.2, 0.25) is 0 Å². The average Bonchev–Trinajstić information content (AvgIpc) is 3.31. The lowest BCUT2D eigenvalue weighted by atomic mass is 10.0. The molecule has 0 aromatic heterocycles. The Morgan fingerprint density at radius 3 is 0.731 bits per heavy atom. The highest BCUT2D eigenvalue weighted by Gasteiger charge is 2.19. The van der Waals surface area contributed by atoms with Gasteiger partial charge >= 0.3 is 17.9 Å². The van der Waals surface area contributed by atoms with E-state index < -0.39 is 6.10 Å². The van der Waals surface area contributed by atoms with Gasteiger partial charge in [-0.25, -0.2) is 0 Å². The van der Waals surface area contributed by atoms with E-state index >= 15 is 0 Å².